The topological polar surface area (TPSA) is 41.4 Å². The lowest BCUT2D eigenvalue weighted by atomic mass is 10.1. The SMILES string of the molecule is Cc1cccc(CN2CCN(C(=O)c3ccn(C(F)F)n3)CC2)c1. The summed E-state index contributed by atoms with van der Waals surface area (Å²) in [5, 5.41) is 3.64. The summed E-state index contributed by atoms with van der Waals surface area (Å²) in [6.07, 6.45) is 1.13. The second kappa shape index (κ2) is 7.09. The standard InChI is InChI=1S/C17H20F2N4O/c1-13-3-2-4-14(11-13)12-21-7-9-22(10-8-21)16(24)15-5-6-23(20-15)17(18)19/h2-6,11,17H,7-10,12H2,1H3. The molecule has 0 atom stereocenters. The summed E-state index contributed by atoms with van der Waals surface area (Å²) in [4.78, 5) is 16.3. The van der Waals surface area contributed by atoms with Gasteiger partial charge in [0.2, 0.25) is 0 Å². The number of amides is 1. The number of benzene rings is 1. The van der Waals surface area contributed by atoms with Crippen LogP contribution in [-0.4, -0.2) is 51.7 Å². The van der Waals surface area contributed by atoms with Crippen molar-refractivity contribution in [1.29, 1.82) is 0 Å². The first-order valence-corrected chi connectivity index (χ1v) is 7.93. The maximum absolute atomic E-state index is 12.5. The molecule has 128 valence electrons. The van der Waals surface area contributed by atoms with Crippen molar-refractivity contribution >= 4 is 5.91 Å². The normalized spacial score (nSPS) is 15.9. The number of carbonyl (C=O) groups is 1. The number of hydrogen-bond donors (Lipinski definition) is 0. The first kappa shape index (κ1) is 16.6. The van der Waals surface area contributed by atoms with Crippen molar-refractivity contribution in [2.75, 3.05) is 26.2 Å². The average molecular weight is 334 g/mol. The number of aromatic nitrogens is 2. The van der Waals surface area contributed by atoms with Gasteiger partial charge in [-0.05, 0) is 18.6 Å². The van der Waals surface area contributed by atoms with E-state index < -0.39 is 6.55 Å². The van der Waals surface area contributed by atoms with E-state index in [0.29, 0.717) is 17.8 Å². The molecular formula is C17H20F2N4O. The average Bonchev–Trinajstić information content (AvgIpc) is 3.05. The Kier molecular flexibility index (Phi) is 4.89. The lowest BCUT2D eigenvalue weighted by Gasteiger charge is -2.34. The van der Waals surface area contributed by atoms with E-state index in [0.717, 1.165) is 25.8 Å². The molecule has 1 saturated heterocycles. The van der Waals surface area contributed by atoms with Crippen LogP contribution in [0.5, 0.6) is 0 Å². The minimum absolute atomic E-state index is 0.0717. The summed E-state index contributed by atoms with van der Waals surface area (Å²) in [7, 11) is 0. The highest BCUT2D eigenvalue weighted by Crippen LogP contribution is 2.14. The number of alkyl halides is 2. The van der Waals surface area contributed by atoms with Crippen molar-refractivity contribution in [2.45, 2.75) is 20.0 Å². The Balaban J connectivity index is 1.55. The van der Waals surface area contributed by atoms with Crippen molar-refractivity contribution in [1.82, 2.24) is 19.6 Å². The molecule has 0 saturated carbocycles. The lowest BCUT2D eigenvalue weighted by Crippen LogP contribution is -2.48. The molecule has 0 N–H and O–H groups in total. The first-order valence-electron chi connectivity index (χ1n) is 7.93. The van der Waals surface area contributed by atoms with Gasteiger partial charge in [0, 0.05) is 38.9 Å². The van der Waals surface area contributed by atoms with Crippen LogP contribution in [0.25, 0.3) is 0 Å². The number of rotatable bonds is 4. The van der Waals surface area contributed by atoms with E-state index in [1.165, 1.54) is 17.2 Å². The predicted octanol–water partition coefficient (Wildman–Crippen LogP) is 2.54. The van der Waals surface area contributed by atoms with Crippen LogP contribution in [0.4, 0.5) is 8.78 Å². The largest absolute Gasteiger partial charge is 0.335 e. The van der Waals surface area contributed by atoms with E-state index in [-0.39, 0.29) is 11.6 Å². The van der Waals surface area contributed by atoms with Gasteiger partial charge in [0.15, 0.2) is 5.69 Å². The molecule has 1 amide bonds. The minimum atomic E-state index is -2.72. The summed E-state index contributed by atoms with van der Waals surface area (Å²) in [6, 6.07) is 9.71. The molecule has 1 aliphatic rings. The highest BCUT2D eigenvalue weighted by atomic mass is 19.3. The van der Waals surface area contributed by atoms with Crippen molar-refractivity contribution in [3.63, 3.8) is 0 Å². The smallest absolute Gasteiger partial charge is 0.333 e. The molecule has 7 heteroatoms. The van der Waals surface area contributed by atoms with Crippen molar-refractivity contribution in [3.05, 3.63) is 53.3 Å². The number of hydrogen-bond acceptors (Lipinski definition) is 3. The number of aryl methyl sites for hydroxylation is 1. The third-order valence-corrected chi connectivity index (χ3v) is 4.18. The van der Waals surface area contributed by atoms with Crippen LogP contribution in [0.2, 0.25) is 0 Å². The van der Waals surface area contributed by atoms with Gasteiger partial charge in [-0.2, -0.15) is 13.9 Å². The Morgan fingerprint density at radius 3 is 2.58 bits per heavy atom. The van der Waals surface area contributed by atoms with Gasteiger partial charge in [0.1, 0.15) is 0 Å². The van der Waals surface area contributed by atoms with Gasteiger partial charge in [-0.1, -0.05) is 29.8 Å². The molecule has 1 aliphatic heterocycles. The van der Waals surface area contributed by atoms with Crippen LogP contribution in [0, 0.1) is 6.92 Å². The molecule has 1 aromatic carbocycles. The quantitative estimate of drug-likeness (QED) is 0.863. The molecule has 1 fully saturated rings. The lowest BCUT2D eigenvalue weighted by molar-refractivity contribution is 0.0534. The third kappa shape index (κ3) is 3.79. The maximum Gasteiger partial charge on any atom is 0.333 e. The summed E-state index contributed by atoms with van der Waals surface area (Å²) < 4.78 is 25.6. The molecule has 0 spiro atoms. The highest BCUT2D eigenvalue weighted by molar-refractivity contribution is 5.92. The van der Waals surface area contributed by atoms with E-state index >= 15 is 0 Å². The molecule has 0 unspecified atom stereocenters. The van der Waals surface area contributed by atoms with E-state index in [9.17, 15) is 13.6 Å². The Bertz CT molecular complexity index is 708. The van der Waals surface area contributed by atoms with E-state index in [2.05, 4.69) is 35.1 Å². The summed E-state index contributed by atoms with van der Waals surface area (Å²) in [5.41, 5.74) is 2.56. The number of halogens is 2. The summed E-state index contributed by atoms with van der Waals surface area (Å²) in [6.45, 7) is 2.86. The Labute approximate surface area is 139 Å². The summed E-state index contributed by atoms with van der Waals surface area (Å²) >= 11 is 0. The summed E-state index contributed by atoms with van der Waals surface area (Å²) in [5.74, 6) is -0.287. The second-order valence-electron chi connectivity index (χ2n) is 6.02. The highest BCUT2D eigenvalue weighted by Gasteiger charge is 2.24. The third-order valence-electron chi connectivity index (χ3n) is 4.18. The zero-order valence-corrected chi connectivity index (χ0v) is 13.5. The van der Waals surface area contributed by atoms with Crippen LogP contribution >= 0.6 is 0 Å². The number of carbonyl (C=O) groups excluding carboxylic acids is 1. The fraction of sp³-hybridized carbons (Fsp3) is 0.412. The monoisotopic (exact) mass is 334 g/mol. The van der Waals surface area contributed by atoms with Gasteiger partial charge in [-0.3, -0.25) is 9.69 Å². The van der Waals surface area contributed by atoms with Crippen molar-refractivity contribution in [2.24, 2.45) is 0 Å². The fourth-order valence-corrected chi connectivity index (χ4v) is 2.90. The van der Waals surface area contributed by atoms with E-state index in [1.54, 1.807) is 4.90 Å². The van der Waals surface area contributed by atoms with Crippen LogP contribution < -0.4 is 0 Å². The van der Waals surface area contributed by atoms with Gasteiger partial charge in [0.05, 0.1) is 0 Å². The van der Waals surface area contributed by atoms with Gasteiger partial charge in [0.25, 0.3) is 5.91 Å². The molecule has 0 radical (unpaired) electrons. The number of piperazine rings is 1. The fourth-order valence-electron chi connectivity index (χ4n) is 2.90. The van der Waals surface area contributed by atoms with E-state index in [1.807, 2.05) is 6.07 Å². The molecule has 1 aromatic heterocycles. The predicted molar refractivity (Wildman–Crippen MR) is 85.8 cm³/mol. The van der Waals surface area contributed by atoms with Crippen LogP contribution in [0.15, 0.2) is 36.5 Å². The van der Waals surface area contributed by atoms with E-state index in [4.69, 9.17) is 0 Å². The first-order chi connectivity index (χ1) is 11.5. The molecule has 24 heavy (non-hydrogen) atoms. The molecule has 2 aromatic rings. The zero-order valence-electron chi connectivity index (χ0n) is 13.5. The van der Waals surface area contributed by atoms with Crippen molar-refractivity contribution < 1.29 is 13.6 Å². The van der Waals surface area contributed by atoms with Gasteiger partial charge >= 0.3 is 6.55 Å². The number of nitrogens with zero attached hydrogens (tertiary/aromatic N) is 4. The molecule has 2 heterocycles. The zero-order chi connectivity index (χ0) is 17.1. The molecule has 3 rings (SSSR count). The molecule has 0 bridgehead atoms. The molecular weight excluding hydrogens is 314 g/mol. The maximum atomic E-state index is 12.5. The van der Waals surface area contributed by atoms with Gasteiger partial charge in [-0.25, -0.2) is 4.68 Å². The van der Waals surface area contributed by atoms with Crippen LogP contribution in [0.3, 0.4) is 0 Å². The minimum Gasteiger partial charge on any atom is -0.335 e. The Hall–Kier alpha value is -2.28. The van der Waals surface area contributed by atoms with Gasteiger partial charge in [-0.15, -0.1) is 0 Å². The van der Waals surface area contributed by atoms with Gasteiger partial charge < -0.3 is 4.90 Å². The Morgan fingerprint density at radius 2 is 1.96 bits per heavy atom. The van der Waals surface area contributed by atoms with Crippen LogP contribution in [-0.2, 0) is 6.54 Å². The van der Waals surface area contributed by atoms with Crippen molar-refractivity contribution in [3.8, 4) is 0 Å². The second-order valence-corrected chi connectivity index (χ2v) is 6.02. The Morgan fingerprint density at radius 1 is 1.21 bits per heavy atom. The molecule has 5 nitrogen and oxygen atoms in total. The van der Waals surface area contributed by atoms with Crippen LogP contribution in [0.1, 0.15) is 28.2 Å². The molecule has 0 aliphatic carbocycles.